The smallest absolute Gasteiger partial charge is 0.127 e. The second-order valence-electron chi connectivity index (χ2n) is 2.10. The molecule has 11 heavy (non-hydrogen) atoms. The van der Waals surface area contributed by atoms with Crippen LogP contribution in [0.1, 0.15) is 5.56 Å². The summed E-state index contributed by atoms with van der Waals surface area (Å²) in [5.41, 5.74) is 0.226. The number of benzene rings is 1. The van der Waals surface area contributed by atoms with Gasteiger partial charge in [-0.2, -0.15) is 0 Å². The van der Waals surface area contributed by atoms with Gasteiger partial charge >= 0.3 is 0 Å². The predicted octanol–water partition coefficient (Wildman–Crippen LogP) is 1.54. The number of phenols is 3. The lowest BCUT2D eigenvalue weighted by Gasteiger charge is -2.03. The molecule has 0 aliphatic carbocycles. The molecule has 0 unspecified atom stereocenters. The summed E-state index contributed by atoms with van der Waals surface area (Å²) in [5.74, 6) is -0.568. The van der Waals surface area contributed by atoms with E-state index in [1.807, 2.05) is 0 Å². The van der Waals surface area contributed by atoms with Gasteiger partial charge in [0.25, 0.3) is 0 Å². The molecule has 1 aromatic carbocycles. The monoisotopic (exact) mass is 174 g/mol. The summed E-state index contributed by atoms with van der Waals surface area (Å²) in [6.45, 7) is 0. The molecule has 1 aromatic rings. The summed E-state index contributed by atoms with van der Waals surface area (Å²) in [7, 11) is 0. The molecular formula is C7H7ClO3. The van der Waals surface area contributed by atoms with Crippen molar-refractivity contribution < 1.29 is 15.3 Å². The highest BCUT2D eigenvalue weighted by molar-refractivity contribution is 6.17. The third-order valence-corrected chi connectivity index (χ3v) is 1.59. The zero-order chi connectivity index (χ0) is 8.43. The van der Waals surface area contributed by atoms with Gasteiger partial charge in [-0.3, -0.25) is 0 Å². The van der Waals surface area contributed by atoms with Crippen LogP contribution < -0.4 is 0 Å². The molecule has 60 valence electrons. The van der Waals surface area contributed by atoms with E-state index in [9.17, 15) is 0 Å². The highest BCUT2D eigenvalue weighted by Crippen LogP contribution is 2.32. The van der Waals surface area contributed by atoms with Crippen LogP contribution in [0.5, 0.6) is 17.2 Å². The summed E-state index contributed by atoms with van der Waals surface area (Å²) >= 11 is 5.39. The Kier molecular flexibility index (Phi) is 2.10. The van der Waals surface area contributed by atoms with Crippen molar-refractivity contribution in [1.29, 1.82) is 0 Å². The van der Waals surface area contributed by atoms with Crippen molar-refractivity contribution in [3.8, 4) is 17.2 Å². The topological polar surface area (TPSA) is 60.7 Å². The van der Waals surface area contributed by atoms with Crippen molar-refractivity contribution >= 4 is 11.6 Å². The lowest BCUT2D eigenvalue weighted by Crippen LogP contribution is -1.80. The summed E-state index contributed by atoms with van der Waals surface area (Å²) in [6, 6.07) is 2.24. The molecule has 0 aromatic heterocycles. The molecule has 0 saturated heterocycles. The molecule has 0 bridgehead atoms. The van der Waals surface area contributed by atoms with Crippen LogP contribution in [0.15, 0.2) is 12.1 Å². The van der Waals surface area contributed by atoms with Gasteiger partial charge in [0.2, 0.25) is 0 Å². The Morgan fingerprint density at radius 2 is 1.55 bits per heavy atom. The second kappa shape index (κ2) is 2.88. The van der Waals surface area contributed by atoms with Gasteiger partial charge in [-0.15, -0.1) is 11.6 Å². The summed E-state index contributed by atoms with van der Waals surface area (Å²) in [4.78, 5) is 0. The van der Waals surface area contributed by atoms with Crippen molar-refractivity contribution in [3.63, 3.8) is 0 Å². The average molecular weight is 175 g/mol. The fraction of sp³-hybridized carbons (Fsp3) is 0.143. The van der Waals surface area contributed by atoms with Crippen molar-refractivity contribution in [3.05, 3.63) is 17.7 Å². The van der Waals surface area contributed by atoms with Gasteiger partial charge in [-0.1, -0.05) is 0 Å². The largest absolute Gasteiger partial charge is 0.508 e. The number of aromatic hydroxyl groups is 3. The fourth-order valence-corrected chi connectivity index (χ4v) is 1.04. The highest BCUT2D eigenvalue weighted by Gasteiger charge is 2.07. The van der Waals surface area contributed by atoms with Gasteiger partial charge in [-0.05, 0) is 0 Å². The van der Waals surface area contributed by atoms with Crippen molar-refractivity contribution in [2.75, 3.05) is 0 Å². The molecule has 4 heteroatoms. The van der Waals surface area contributed by atoms with Crippen LogP contribution in [0.25, 0.3) is 0 Å². The Balaban J connectivity index is 3.25. The minimum absolute atomic E-state index is 0.0119. The SMILES string of the molecule is Oc1cc(O)c(CCl)c(O)c1. The van der Waals surface area contributed by atoms with E-state index >= 15 is 0 Å². The lowest BCUT2D eigenvalue weighted by molar-refractivity contribution is 0.422. The quantitative estimate of drug-likeness (QED) is 0.566. The van der Waals surface area contributed by atoms with Gasteiger partial charge < -0.3 is 15.3 Å². The van der Waals surface area contributed by atoms with E-state index in [-0.39, 0.29) is 28.7 Å². The number of rotatable bonds is 1. The van der Waals surface area contributed by atoms with Crippen molar-refractivity contribution in [2.24, 2.45) is 0 Å². The second-order valence-corrected chi connectivity index (χ2v) is 2.36. The molecule has 0 aliphatic rings. The van der Waals surface area contributed by atoms with Gasteiger partial charge in [-0.25, -0.2) is 0 Å². The van der Waals surface area contributed by atoms with Crippen LogP contribution in [0.2, 0.25) is 0 Å². The van der Waals surface area contributed by atoms with Gasteiger partial charge in [0, 0.05) is 12.1 Å². The molecule has 0 fully saturated rings. The van der Waals surface area contributed by atoms with Crippen molar-refractivity contribution in [1.82, 2.24) is 0 Å². The number of phenolic OH excluding ortho intramolecular Hbond substituents is 3. The molecule has 3 nitrogen and oxygen atoms in total. The first-order chi connectivity index (χ1) is 5.15. The maximum Gasteiger partial charge on any atom is 0.127 e. The first kappa shape index (κ1) is 8.01. The molecule has 0 saturated carbocycles. The first-order valence-corrected chi connectivity index (χ1v) is 3.48. The molecule has 0 amide bonds. The van der Waals surface area contributed by atoms with E-state index in [1.165, 1.54) is 0 Å². The number of hydrogen-bond acceptors (Lipinski definition) is 3. The fourth-order valence-electron chi connectivity index (χ4n) is 0.764. The minimum atomic E-state index is -0.197. The minimum Gasteiger partial charge on any atom is -0.508 e. The Labute approximate surface area is 68.5 Å². The van der Waals surface area contributed by atoms with Gasteiger partial charge in [0.05, 0.1) is 11.4 Å². The Morgan fingerprint density at radius 3 is 1.91 bits per heavy atom. The standard InChI is InChI=1S/C7H7ClO3/c8-3-5-6(10)1-4(9)2-7(5)11/h1-2,9-11H,3H2. The molecule has 0 heterocycles. The molecule has 0 spiro atoms. The molecule has 3 N–H and O–H groups in total. The van der Waals surface area contributed by atoms with Crippen molar-refractivity contribution in [2.45, 2.75) is 5.88 Å². The maximum absolute atomic E-state index is 9.07. The lowest BCUT2D eigenvalue weighted by atomic mass is 10.2. The molecule has 1 rings (SSSR count). The van der Waals surface area contributed by atoms with E-state index in [1.54, 1.807) is 0 Å². The van der Waals surface area contributed by atoms with Gasteiger partial charge in [0.1, 0.15) is 17.2 Å². The van der Waals surface area contributed by atoms with Crippen LogP contribution in [0.4, 0.5) is 0 Å². The van der Waals surface area contributed by atoms with E-state index in [0.29, 0.717) is 0 Å². The van der Waals surface area contributed by atoms with Crippen LogP contribution in [0.3, 0.4) is 0 Å². The van der Waals surface area contributed by atoms with E-state index < -0.39 is 0 Å². The van der Waals surface area contributed by atoms with Crippen LogP contribution >= 0.6 is 11.6 Å². The third kappa shape index (κ3) is 1.49. The van der Waals surface area contributed by atoms with Crippen LogP contribution in [-0.2, 0) is 5.88 Å². The first-order valence-electron chi connectivity index (χ1n) is 2.95. The Bertz CT molecular complexity index is 249. The number of halogens is 1. The zero-order valence-corrected chi connectivity index (χ0v) is 6.34. The Morgan fingerprint density at radius 1 is 1.09 bits per heavy atom. The highest BCUT2D eigenvalue weighted by atomic mass is 35.5. The summed E-state index contributed by atoms with van der Waals surface area (Å²) in [6.07, 6.45) is 0. The van der Waals surface area contributed by atoms with E-state index in [4.69, 9.17) is 26.9 Å². The van der Waals surface area contributed by atoms with Crippen LogP contribution in [0, 0.1) is 0 Å². The van der Waals surface area contributed by atoms with Gasteiger partial charge in [0.15, 0.2) is 0 Å². The van der Waals surface area contributed by atoms with E-state index in [2.05, 4.69) is 0 Å². The average Bonchev–Trinajstić information content (AvgIpc) is 1.85. The molecule has 0 aliphatic heterocycles. The molecule has 0 radical (unpaired) electrons. The maximum atomic E-state index is 9.07. The molecule has 0 atom stereocenters. The third-order valence-electron chi connectivity index (χ3n) is 1.32. The zero-order valence-electron chi connectivity index (χ0n) is 5.58. The molecular weight excluding hydrogens is 168 g/mol. The van der Waals surface area contributed by atoms with E-state index in [0.717, 1.165) is 12.1 Å². The van der Waals surface area contributed by atoms with Crippen LogP contribution in [-0.4, -0.2) is 15.3 Å². The summed E-state index contributed by atoms with van der Waals surface area (Å²) in [5, 5.41) is 27.0. The summed E-state index contributed by atoms with van der Waals surface area (Å²) < 4.78 is 0. The normalized spacial score (nSPS) is 9.91. The Hall–Kier alpha value is -1.09. The number of alkyl halides is 1. The number of hydrogen-bond donors (Lipinski definition) is 3. The predicted molar refractivity (Wildman–Crippen MR) is 41.0 cm³/mol.